The maximum Gasteiger partial charge on any atom is 0.327 e. The highest BCUT2D eigenvalue weighted by atomic mass is 16.4. The van der Waals surface area contributed by atoms with Crippen molar-refractivity contribution >= 4 is 11.9 Å². The number of nitrogens with two attached hydrogens (primary N) is 1. The molecule has 1 aromatic carbocycles. The molecule has 0 unspecified atom stereocenters. The summed E-state index contributed by atoms with van der Waals surface area (Å²) >= 11 is 0. The fraction of sp³-hybridized carbons (Fsp3) is 0.375. The van der Waals surface area contributed by atoms with Gasteiger partial charge in [-0.3, -0.25) is 4.79 Å². The van der Waals surface area contributed by atoms with Gasteiger partial charge in [0.05, 0.1) is 5.41 Å². The smallest absolute Gasteiger partial charge is 0.327 e. The van der Waals surface area contributed by atoms with E-state index in [2.05, 4.69) is 0 Å². The number of aryl methyl sites for hydroxylation is 1. The Labute approximate surface area is 123 Å². The van der Waals surface area contributed by atoms with Gasteiger partial charge in [-0.15, -0.1) is 0 Å². The minimum absolute atomic E-state index is 0.0978. The second-order valence-electron chi connectivity index (χ2n) is 5.66. The lowest BCUT2D eigenvalue weighted by molar-refractivity contribution is -0.148. The third-order valence-electron chi connectivity index (χ3n) is 4.06. The molecule has 1 aliphatic carbocycles. The minimum atomic E-state index is -1.58. The van der Waals surface area contributed by atoms with Crippen LogP contribution in [0.3, 0.4) is 0 Å². The van der Waals surface area contributed by atoms with Crippen LogP contribution < -0.4 is 5.73 Å². The van der Waals surface area contributed by atoms with Gasteiger partial charge in [0.15, 0.2) is 0 Å². The fourth-order valence-electron chi connectivity index (χ4n) is 2.77. The highest BCUT2D eigenvalue weighted by molar-refractivity contribution is 5.87. The average molecular weight is 289 g/mol. The van der Waals surface area contributed by atoms with Crippen LogP contribution in [0.2, 0.25) is 0 Å². The Balaban J connectivity index is 2.03. The number of hydrogen-bond acceptors (Lipinski definition) is 3. The van der Waals surface area contributed by atoms with Gasteiger partial charge in [0.1, 0.15) is 5.54 Å². The van der Waals surface area contributed by atoms with Crippen LogP contribution in [0.4, 0.5) is 0 Å². The monoisotopic (exact) mass is 289 g/mol. The van der Waals surface area contributed by atoms with Crippen molar-refractivity contribution in [3.05, 3.63) is 48.0 Å². The zero-order chi connectivity index (χ0) is 15.5. The van der Waals surface area contributed by atoms with E-state index in [0.717, 1.165) is 12.0 Å². The molecule has 0 heterocycles. The van der Waals surface area contributed by atoms with Crippen LogP contribution in [0, 0.1) is 5.41 Å². The Morgan fingerprint density at radius 1 is 1.10 bits per heavy atom. The van der Waals surface area contributed by atoms with E-state index in [9.17, 15) is 14.7 Å². The van der Waals surface area contributed by atoms with Crippen molar-refractivity contribution in [3.8, 4) is 0 Å². The average Bonchev–Trinajstić information content (AvgIpc) is 2.81. The van der Waals surface area contributed by atoms with Crippen LogP contribution in [-0.2, 0) is 16.0 Å². The van der Waals surface area contributed by atoms with Crippen molar-refractivity contribution in [1.82, 2.24) is 0 Å². The van der Waals surface area contributed by atoms with Gasteiger partial charge >= 0.3 is 11.9 Å². The lowest BCUT2D eigenvalue weighted by atomic mass is 9.78. The number of benzene rings is 1. The van der Waals surface area contributed by atoms with Gasteiger partial charge in [0, 0.05) is 0 Å². The van der Waals surface area contributed by atoms with Gasteiger partial charge < -0.3 is 15.9 Å². The van der Waals surface area contributed by atoms with Crippen molar-refractivity contribution in [1.29, 1.82) is 0 Å². The van der Waals surface area contributed by atoms with Gasteiger partial charge in [-0.2, -0.15) is 0 Å². The number of aliphatic carboxylic acids is 2. The van der Waals surface area contributed by atoms with Gasteiger partial charge in [0.25, 0.3) is 0 Å². The van der Waals surface area contributed by atoms with Crippen LogP contribution in [0.15, 0.2) is 42.5 Å². The first-order valence-corrected chi connectivity index (χ1v) is 6.88. The zero-order valence-electron chi connectivity index (χ0n) is 11.7. The van der Waals surface area contributed by atoms with Crippen molar-refractivity contribution < 1.29 is 19.8 Å². The molecule has 5 nitrogen and oxygen atoms in total. The summed E-state index contributed by atoms with van der Waals surface area (Å²) < 4.78 is 0. The van der Waals surface area contributed by atoms with Gasteiger partial charge in [-0.25, -0.2) is 4.79 Å². The summed E-state index contributed by atoms with van der Waals surface area (Å²) in [4.78, 5) is 22.7. The molecule has 2 rings (SSSR count). The van der Waals surface area contributed by atoms with E-state index in [1.807, 2.05) is 30.3 Å². The molecular weight excluding hydrogens is 270 g/mol. The molecule has 0 amide bonds. The molecule has 0 spiro atoms. The lowest BCUT2D eigenvalue weighted by Crippen LogP contribution is -2.47. The maximum atomic E-state index is 11.6. The minimum Gasteiger partial charge on any atom is -0.481 e. The summed E-state index contributed by atoms with van der Waals surface area (Å²) in [6.07, 6.45) is 4.46. The Kier molecular flexibility index (Phi) is 4.14. The van der Waals surface area contributed by atoms with Crippen LogP contribution in [-0.4, -0.2) is 27.7 Å². The predicted molar refractivity (Wildman–Crippen MR) is 77.8 cm³/mol. The molecule has 0 saturated heterocycles. The summed E-state index contributed by atoms with van der Waals surface area (Å²) in [5, 5.41) is 18.6. The molecule has 1 aromatic rings. The summed E-state index contributed by atoms with van der Waals surface area (Å²) in [5.41, 5.74) is 4.13. The highest BCUT2D eigenvalue weighted by Gasteiger charge is 2.50. The van der Waals surface area contributed by atoms with Gasteiger partial charge in [-0.05, 0) is 31.2 Å². The van der Waals surface area contributed by atoms with Gasteiger partial charge in [-0.1, -0.05) is 42.5 Å². The fourth-order valence-corrected chi connectivity index (χ4v) is 2.77. The quantitative estimate of drug-likeness (QED) is 0.693. The van der Waals surface area contributed by atoms with E-state index in [1.54, 1.807) is 0 Å². The number of carboxylic acid groups (broad SMARTS) is 2. The molecule has 5 heteroatoms. The van der Waals surface area contributed by atoms with Gasteiger partial charge in [0.2, 0.25) is 0 Å². The van der Waals surface area contributed by atoms with E-state index in [0.29, 0.717) is 12.8 Å². The third kappa shape index (κ3) is 3.13. The third-order valence-corrected chi connectivity index (χ3v) is 4.06. The zero-order valence-corrected chi connectivity index (χ0v) is 11.7. The van der Waals surface area contributed by atoms with E-state index in [4.69, 9.17) is 10.8 Å². The molecule has 0 radical (unpaired) electrons. The van der Waals surface area contributed by atoms with E-state index in [1.165, 1.54) is 12.2 Å². The molecule has 21 heavy (non-hydrogen) atoms. The molecule has 0 bridgehead atoms. The molecule has 2 atom stereocenters. The number of carboxylic acids is 2. The SMILES string of the molecule is N[C@@]1(C(=O)O)C=C[C@](CCCc2ccccc2)(C(=O)O)C1. The summed E-state index contributed by atoms with van der Waals surface area (Å²) in [6, 6.07) is 9.78. The Morgan fingerprint density at radius 2 is 1.76 bits per heavy atom. The van der Waals surface area contributed by atoms with E-state index >= 15 is 0 Å². The predicted octanol–water partition coefficient (Wildman–Crippen LogP) is 1.82. The molecule has 0 fully saturated rings. The van der Waals surface area contributed by atoms with E-state index in [-0.39, 0.29) is 6.42 Å². The number of hydrogen-bond donors (Lipinski definition) is 3. The molecule has 1 aliphatic rings. The molecule has 0 saturated carbocycles. The summed E-state index contributed by atoms with van der Waals surface area (Å²) in [7, 11) is 0. The normalized spacial score (nSPS) is 27.7. The standard InChI is InChI=1S/C16H19NO4/c17-16(14(20)21)10-9-15(11-16,13(18)19)8-4-7-12-5-2-1-3-6-12/h1-3,5-6,9-10H,4,7-8,11,17H2,(H,18,19)(H,20,21)/t15-,16-/m0/s1. The van der Waals surface area contributed by atoms with Crippen LogP contribution in [0.5, 0.6) is 0 Å². The Bertz CT molecular complexity index is 569. The van der Waals surface area contributed by atoms with Crippen LogP contribution in [0.25, 0.3) is 0 Å². The molecule has 4 N–H and O–H groups in total. The largest absolute Gasteiger partial charge is 0.481 e. The summed E-state index contributed by atoms with van der Waals surface area (Å²) in [6.45, 7) is 0. The Hall–Kier alpha value is -2.14. The molecule has 0 aromatic heterocycles. The van der Waals surface area contributed by atoms with Crippen LogP contribution >= 0.6 is 0 Å². The van der Waals surface area contributed by atoms with Crippen LogP contribution in [0.1, 0.15) is 24.8 Å². The first-order chi connectivity index (χ1) is 9.88. The number of carbonyl (C=O) groups is 2. The van der Waals surface area contributed by atoms with E-state index < -0.39 is 22.9 Å². The van der Waals surface area contributed by atoms with Crippen molar-refractivity contribution in [3.63, 3.8) is 0 Å². The van der Waals surface area contributed by atoms with Crippen molar-refractivity contribution in [2.75, 3.05) is 0 Å². The van der Waals surface area contributed by atoms with Crippen molar-refractivity contribution in [2.24, 2.45) is 11.1 Å². The topological polar surface area (TPSA) is 101 Å². The molecule has 112 valence electrons. The molecular formula is C16H19NO4. The second-order valence-corrected chi connectivity index (χ2v) is 5.66. The maximum absolute atomic E-state index is 11.6. The van der Waals surface area contributed by atoms with Crippen molar-refractivity contribution in [2.45, 2.75) is 31.2 Å². The summed E-state index contributed by atoms with van der Waals surface area (Å²) in [5.74, 6) is -2.20. The highest BCUT2D eigenvalue weighted by Crippen LogP contribution is 2.41. The molecule has 0 aliphatic heterocycles. The lowest BCUT2D eigenvalue weighted by Gasteiger charge is -2.26. The Morgan fingerprint density at radius 3 is 2.29 bits per heavy atom. The first-order valence-electron chi connectivity index (χ1n) is 6.88. The first kappa shape index (κ1) is 15.3. The number of rotatable bonds is 6. The second kappa shape index (κ2) is 5.69.